The van der Waals surface area contributed by atoms with Crippen molar-refractivity contribution in [2.75, 3.05) is 13.2 Å². The van der Waals surface area contributed by atoms with E-state index in [2.05, 4.69) is 22.4 Å². The predicted octanol–water partition coefficient (Wildman–Crippen LogP) is 2.37. The molecule has 1 radical (unpaired) electrons. The molecule has 3 rings (SSSR count). The second-order valence-corrected chi connectivity index (χ2v) is 4.79. The van der Waals surface area contributed by atoms with Gasteiger partial charge in [0.25, 0.3) is 0 Å². The van der Waals surface area contributed by atoms with Crippen molar-refractivity contribution >= 4 is 0 Å². The molecule has 2 aromatic rings. The first-order valence-corrected chi connectivity index (χ1v) is 6.85. The first kappa shape index (κ1) is 13.5. The third-order valence-electron chi connectivity index (χ3n) is 3.39. The van der Waals surface area contributed by atoms with Crippen LogP contribution < -0.4 is 4.74 Å². The molecule has 21 heavy (non-hydrogen) atoms. The van der Waals surface area contributed by atoms with Crippen LogP contribution in [0.15, 0.2) is 30.5 Å². The van der Waals surface area contributed by atoms with E-state index in [1.165, 1.54) is 0 Å². The molecule has 2 heterocycles. The number of hydrogen-bond donors (Lipinski definition) is 0. The summed E-state index contributed by atoms with van der Waals surface area (Å²) in [6.07, 6.45) is 6.00. The highest BCUT2D eigenvalue weighted by atomic mass is 16.5. The lowest BCUT2D eigenvalue weighted by molar-refractivity contribution is 0.0254. The molecule has 5 heteroatoms. The van der Waals surface area contributed by atoms with Gasteiger partial charge in [0.15, 0.2) is 6.33 Å². The molecule has 1 aliphatic rings. The van der Waals surface area contributed by atoms with Crippen LogP contribution in [0.1, 0.15) is 18.4 Å². The minimum atomic E-state index is 0.115. The molecule has 1 fully saturated rings. The Labute approximate surface area is 123 Å². The van der Waals surface area contributed by atoms with E-state index >= 15 is 0 Å². The van der Waals surface area contributed by atoms with Gasteiger partial charge in [0.05, 0.1) is 24.5 Å². The smallest absolute Gasteiger partial charge is 0.198 e. The lowest BCUT2D eigenvalue weighted by atomic mass is 10.1. The number of hydrogen-bond acceptors (Lipinski definition) is 5. The average molecular weight is 280 g/mol. The van der Waals surface area contributed by atoms with Crippen molar-refractivity contribution in [3.8, 4) is 23.1 Å². The molecule has 0 unspecified atom stereocenters. The van der Waals surface area contributed by atoms with Gasteiger partial charge in [-0.3, -0.25) is 0 Å². The molecule has 105 valence electrons. The third-order valence-corrected chi connectivity index (χ3v) is 3.39. The van der Waals surface area contributed by atoms with Crippen molar-refractivity contribution in [3.05, 3.63) is 42.4 Å². The van der Waals surface area contributed by atoms with Crippen molar-refractivity contribution in [1.29, 1.82) is 5.26 Å². The second-order valence-electron chi connectivity index (χ2n) is 4.79. The Hall–Kier alpha value is -2.45. The fourth-order valence-corrected chi connectivity index (χ4v) is 2.27. The first-order valence-electron chi connectivity index (χ1n) is 6.85. The molecule has 5 nitrogen and oxygen atoms in total. The Morgan fingerprint density at radius 2 is 2.14 bits per heavy atom. The van der Waals surface area contributed by atoms with Crippen LogP contribution in [0.3, 0.4) is 0 Å². The van der Waals surface area contributed by atoms with E-state index in [-0.39, 0.29) is 6.10 Å². The Bertz CT molecular complexity index is 646. The summed E-state index contributed by atoms with van der Waals surface area (Å²) in [5.74, 6) is 0.617. The predicted molar refractivity (Wildman–Crippen MR) is 75.5 cm³/mol. The van der Waals surface area contributed by atoms with Crippen LogP contribution in [-0.2, 0) is 4.74 Å². The highest BCUT2D eigenvalue weighted by molar-refractivity contribution is 5.63. The van der Waals surface area contributed by atoms with Gasteiger partial charge < -0.3 is 9.47 Å². The van der Waals surface area contributed by atoms with Gasteiger partial charge in [-0.1, -0.05) is 0 Å². The molecular weight excluding hydrogens is 266 g/mol. The van der Waals surface area contributed by atoms with Gasteiger partial charge in [-0.15, -0.1) is 0 Å². The van der Waals surface area contributed by atoms with E-state index < -0.39 is 0 Å². The number of nitrogens with zero attached hydrogens (tertiary/aromatic N) is 3. The number of nitriles is 1. The zero-order valence-corrected chi connectivity index (χ0v) is 11.5. The SMILES string of the molecule is N#Cc1cc(-c2ccn[c]n2)ccc1OC1CCOCC1. The van der Waals surface area contributed by atoms with Gasteiger partial charge in [0.1, 0.15) is 17.9 Å². The molecule has 1 saturated heterocycles. The molecule has 1 aromatic carbocycles. The highest BCUT2D eigenvalue weighted by Crippen LogP contribution is 2.27. The molecule has 0 N–H and O–H groups in total. The highest BCUT2D eigenvalue weighted by Gasteiger charge is 2.17. The van der Waals surface area contributed by atoms with Crippen molar-refractivity contribution in [2.24, 2.45) is 0 Å². The van der Waals surface area contributed by atoms with Gasteiger partial charge in [-0.2, -0.15) is 5.26 Å². The standard InChI is InChI=1S/C16H14N3O2/c17-10-13-9-12(15-3-6-18-11-19-15)1-2-16(13)21-14-4-7-20-8-5-14/h1-3,6,9,14H,4-5,7-8H2. The van der Waals surface area contributed by atoms with E-state index in [0.29, 0.717) is 24.5 Å². The average Bonchev–Trinajstić information content (AvgIpc) is 2.57. The molecule has 0 atom stereocenters. The van der Waals surface area contributed by atoms with Crippen LogP contribution in [-0.4, -0.2) is 29.3 Å². The van der Waals surface area contributed by atoms with Gasteiger partial charge in [-0.05, 0) is 24.3 Å². The summed E-state index contributed by atoms with van der Waals surface area (Å²) < 4.78 is 11.2. The van der Waals surface area contributed by atoms with Crippen molar-refractivity contribution in [1.82, 2.24) is 9.97 Å². The van der Waals surface area contributed by atoms with Crippen molar-refractivity contribution in [3.63, 3.8) is 0 Å². The lowest BCUT2D eigenvalue weighted by Crippen LogP contribution is -2.26. The maximum atomic E-state index is 9.32. The summed E-state index contributed by atoms with van der Waals surface area (Å²) in [5.41, 5.74) is 2.10. The fraction of sp³-hybridized carbons (Fsp3) is 0.312. The van der Waals surface area contributed by atoms with Gasteiger partial charge >= 0.3 is 0 Å². The van der Waals surface area contributed by atoms with E-state index in [1.807, 2.05) is 12.1 Å². The molecule has 0 spiro atoms. The van der Waals surface area contributed by atoms with Crippen LogP contribution >= 0.6 is 0 Å². The zero-order valence-electron chi connectivity index (χ0n) is 11.5. The maximum absolute atomic E-state index is 9.32. The van der Waals surface area contributed by atoms with E-state index in [1.54, 1.807) is 18.3 Å². The molecular formula is C16H14N3O2. The third kappa shape index (κ3) is 3.18. The van der Waals surface area contributed by atoms with Crippen LogP contribution in [0, 0.1) is 17.7 Å². The Balaban J connectivity index is 1.84. The summed E-state index contributed by atoms with van der Waals surface area (Å²) in [6.45, 7) is 1.42. The van der Waals surface area contributed by atoms with Gasteiger partial charge in [0, 0.05) is 24.6 Å². The van der Waals surface area contributed by atoms with Crippen molar-refractivity contribution in [2.45, 2.75) is 18.9 Å². The Morgan fingerprint density at radius 3 is 2.86 bits per heavy atom. The molecule has 0 bridgehead atoms. The molecule has 1 aliphatic heterocycles. The summed E-state index contributed by atoms with van der Waals surface area (Å²) in [5, 5.41) is 9.32. The largest absolute Gasteiger partial charge is 0.489 e. The lowest BCUT2D eigenvalue weighted by Gasteiger charge is -2.23. The molecule has 0 saturated carbocycles. The molecule has 0 aliphatic carbocycles. The van der Waals surface area contributed by atoms with Gasteiger partial charge in [-0.25, -0.2) is 9.97 Å². The van der Waals surface area contributed by atoms with Crippen molar-refractivity contribution < 1.29 is 9.47 Å². The topological polar surface area (TPSA) is 68.0 Å². The van der Waals surface area contributed by atoms with Crippen LogP contribution in [0.4, 0.5) is 0 Å². The van der Waals surface area contributed by atoms with E-state index in [4.69, 9.17) is 9.47 Å². The number of rotatable bonds is 3. The van der Waals surface area contributed by atoms with Gasteiger partial charge in [0.2, 0.25) is 0 Å². The molecule has 1 aromatic heterocycles. The second kappa shape index (κ2) is 6.33. The Morgan fingerprint density at radius 1 is 1.29 bits per heavy atom. The summed E-state index contributed by atoms with van der Waals surface area (Å²) in [7, 11) is 0. The zero-order chi connectivity index (χ0) is 14.5. The first-order chi connectivity index (χ1) is 10.4. The number of ether oxygens (including phenoxy) is 2. The molecule has 0 amide bonds. The summed E-state index contributed by atoms with van der Waals surface area (Å²) in [6, 6.07) is 9.47. The Kier molecular flexibility index (Phi) is 4.08. The van der Waals surface area contributed by atoms with E-state index in [9.17, 15) is 5.26 Å². The number of aromatic nitrogens is 2. The minimum absolute atomic E-state index is 0.115. The van der Waals surface area contributed by atoms with Crippen LogP contribution in [0.25, 0.3) is 11.3 Å². The normalized spacial score (nSPS) is 15.4. The van der Waals surface area contributed by atoms with E-state index in [0.717, 1.165) is 24.1 Å². The fourth-order valence-electron chi connectivity index (χ4n) is 2.27. The monoisotopic (exact) mass is 280 g/mol. The van der Waals surface area contributed by atoms with Crippen LogP contribution in [0.5, 0.6) is 5.75 Å². The summed E-state index contributed by atoms with van der Waals surface area (Å²) >= 11 is 0. The quantitative estimate of drug-likeness (QED) is 0.863. The summed E-state index contributed by atoms with van der Waals surface area (Å²) in [4.78, 5) is 7.84. The maximum Gasteiger partial charge on any atom is 0.198 e. The minimum Gasteiger partial charge on any atom is -0.489 e. The van der Waals surface area contributed by atoms with Crippen LogP contribution in [0.2, 0.25) is 0 Å². The number of benzene rings is 1.